The van der Waals surface area contributed by atoms with Gasteiger partial charge in [-0.2, -0.15) is 0 Å². The van der Waals surface area contributed by atoms with Gasteiger partial charge in [-0.3, -0.25) is 4.84 Å². The molecule has 4 heteroatoms. The Morgan fingerprint density at radius 2 is 2.29 bits per heavy atom. The van der Waals surface area contributed by atoms with Gasteiger partial charge in [0.25, 0.3) is 0 Å². The molecule has 0 atom stereocenters. The van der Waals surface area contributed by atoms with Crippen molar-refractivity contribution in [2.24, 2.45) is 0 Å². The SMILES string of the molecule is Cc1nc(N2CCCCO2)ccc1Br. The molecule has 0 aromatic carbocycles. The summed E-state index contributed by atoms with van der Waals surface area (Å²) in [6.07, 6.45) is 2.32. The maximum Gasteiger partial charge on any atom is 0.152 e. The van der Waals surface area contributed by atoms with Crippen LogP contribution in [-0.4, -0.2) is 18.1 Å². The third-order valence-electron chi connectivity index (χ3n) is 2.26. The molecule has 1 fully saturated rings. The number of rotatable bonds is 1. The number of pyridine rings is 1. The van der Waals surface area contributed by atoms with Gasteiger partial charge in [0, 0.05) is 11.0 Å². The Balaban J connectivity index is 2.18. The molecule has 3 nitrogen and oxygen atoms in total. The van der Waals surface area contributed by atoms with Gasteiger partial charge in [0.1, 0.15) is 0 Å². The van der Waals surface area contributed by atoms with Crippen LogP contribution in [0.25, 0.3) is 0 Å². The first-order chi connectivity index (χ1) is 6.77. The second-order valence-electron chi connectivity index (χ2n) is 3.38. The molecule has 0 bridgehead atoms. The zero-order valence-corrected chi connectivity index (χ0v) is 9.75. The molecule has 2 heterocycles. The maximum atomic E-state index is 5.51. The molecule has 0 saturated carbocycles. The zero-order chi connectivity index (χ0) is 9.97. The van der Waals surface area contributed by atoms with E-state index in [0.717, 1.165) is 35.6 Å². The van der Waals surface area contributed by atoms with Crippen LogP contribution in [0.4, 0.5) is 5.82 Å². The van der Waals surface area contributed by atoms with E-state index in [1.165, 1.54) is 6.42 Å². The largest absolute Gasteiger partial charge is 0.272 e. The Bertz CT molecular complexity index is 324. The highest BCUT2D eigenvalue weighted by atomic mass is 79.9. The molecule has 0 N–H and O–H groups in total. The minimum Gasteiger partial charge on any atom is -0.272 e. The molecule has 1 aromatic rings. The lowest BCUT2D eigenvalue weighted by atomic mass is 10.3. The van der Waals surface area contributed by atoms with Crippen LogP contribution in [0.2, 0.25) is 0 Å². The first kappa shape index (κ1) is 9.93. The number of aryl methyl sites for hydroxylation is 1. The quantitative estimate of drug-likeness (QED) is 0.773. The number of halogens is 1. The average Bonchev–Trinajstić information content (AvgIpc) is 2.23. The van der Waals surface area contributed by atoms with Crippen LogP contribution < -0.4 is 5.06 Å². The molecule has 0 unspecified atom stereocenters. The third-order valence-corrected chi connectivity index (χ3v) is 3.10. The molecule has 1 aliphatic heterocycles. The van der Waals surface area contributed by atoms with E-state index in [9.17, 15) is 0 Å². The smallest absolute Gasteiger partial charge is 0.152 e. The van der Waals surface area contributed by atoms with E-state index in [2.05, 4.69) is 20.9 Å². The summed E-state index contributed by atoms with van der Waals surface area (Å²) < 4.78 is 1.04. The Labute approximate surface area is 92.2 Å². The maximum absolute atomic E-state index is 5.51. The number of anilines is 1. The van der Waals surface area contributed by atoms with Gasteiger partial charge in [-0.25, -0.2) is 10.0 Å². The summed E-state index contributed by atoms with van der Waals surface area (Å²) in [6.45, 7) is 3.72. The lowest BCUT2D eigenvalue weighted by Gasteiger charge is -2.26. The van der Waals surface area contributed by atoms with Gasteiger partial charge in [0.2, 0.25) is 0 Å². The summed E-state index contributed by atoms with van der Waals surface area (Å²) in [5.41, 5.74) is 0.997. The second-order valence-corrected chi connectivity index (χ2v) is 4.23. The zero-order valence-electron chi connectivity index (χ0n) is 8.16. The van der Waals surface area contributed by atoms with E-state index in [4.69, 9.17) is 4.84 Å². The van der Waals surface area contributed by atoms with Crippen molar-refractivity contribution in [2.45, 2.75) is 19.8 Å². The summed E-state index contributed by atoms with van der Waals surface area (Å²) in [4.78, 5) is 9.96. The lowest BCUT2D eigenvalue weighted by molar-refractivity contribution is 0.0761. The molecule has 1 saturated heterocycles. The van der Waals surface area contributed by atoms with Gasteiger partial charge in [-0.15, -0.1) is 0 Å². The minimum atomic E-state index is 0.802. The van der Waals surface area contributed by atoms with E-state index < -0.39 is 0 Å². The summed E-state index contributed by atoms with van der Waals surface area (Å²) in [5.74, 6) is 0.908. The fourth-order valence-corrected chi connectivity index (χ4v) is 1.67. The number of aromatic nitrogens is 1. The molecular weight excluding hydrogens is 244 g/mol. The van der Waals surface area contributed by atoms with Gasteiger partial charge < -0.3 is 0 Å². The molecule has 0 radical (unpaired) electrons. The Hall–Kier alpha value is -0.610. The van der Waals surface area contributed by atoms with Crippen molar-refractivity contribution in [2.75, 3.05) is 18.2 Å². The highest BCUT2D eigenvalue weighted by Crippen LogP contribution is 2.21. The van der Waals surface area contributed by atoms with Crippen molar-refractivity contribution in [3.05, 3.63) is 22.3 Å². The van der Waals surface area contributed by atoms with Crippen LogP contribution in [0.3, 0.4) is 0 Å². The van der Waals surface area contributed by atoms with Gasteiger partial charge in [-0.1, -0.05) is 0 Å². The Morgan fingerprint density at radius 3 is 2.93 bits per heavy atom. The summed E-state index contributed by atoms with van der Waals surface area (Å²) in [7, 11) is 0. The number of nitrogens with zero attached hydrogens (tertiary/aromatic N) is 2. The first-order valence-electron chi connectivity index (χ1n) is 4.81. The normalized spacial score (nSPS) is 17.1. The standard InChI is InChI=1S/C10H13BrN2O/c1-8-9(11)4-5-10(12-8)13-6-2-3-7-14-13/h4-5H,2-3,6-7H2,1H3. The molecular formula is C10H13BrN2O. The number of hydrogen-bond donors (Lipinski definition) is 0. The second kappa shape index (κ2) is 4.28. The van der Waals surface area contributed by atoms with Crippen molar-refractivity contribution in [1.82, 2.24) is 4.98 Å². The van der Waals surface area contributed by atoms with E-state index in [1.54, 1.807) is 0 Å². The fraction of sp³-hybridized carbons (Fsp3) is 0.500. The Kier molecular flexibility index (Phi) is 3.03. The van der Waals surface area contributed by atoms with Crippen LogP contribution in [0, 0.1) is 6.92 Å². The third kappa shape index (κ3) is 2.07. The molecule has 1 aromatic heterocycles. The van der Waals surface area contributed by atoms with Crippen molar-refractivity contribution in [3.63, 3.8) is 0 Å². The van der Waals surface area contributed by atoms with E-state index in [0.29, 0.717) is 0 Å². The minimum absolute atomic E-state index is 0.802. The summed E-state index contributed by atoms with van der Waals surface area (Å²) >= 11 is 3.43. The van der Waals surface area contributed by atoms with E-state index >= 15 is 0 Å². The summed E-state index contributed by atoms with van der Waals surface area (Å²) in [6, 6.07) is 3.98. The molecule has 2 rings (SSSR count). The highest BCUT2D eigenvalue weighted by Gasteiger charge is 2.13. The monoisotopic (exact) mass is 256 g/mol. The van der Waals surface area contributed by atoms with Crippen molar-refractivity contribution >= 4 is 21.7 Å². The number of hydrogen-bond acceptors (Lipinski definition) is 3. The molecule has 14 heavy (non-hydrogen) atoms. The molecule has 0 spiro atoms. The Morgan fingerprint density at radius 1 is 1.43 bits per heavy atom. The predicted octanol–water partition coefficient (Wildman–Crippen LogP) is 2.68. The van der Waals surface area contributed by atoms with Gasteiger partial charge >= 0.3 is 0 Å². The van der Waals surface area contributed by atoms with Crippen molar-refractivity contribution in [3.8, 4) is 0 Å². The first-order valence-corrected chi connectivity index (χ1v) is 5.60. The van der Waals surface area contributed by atoms with Crippen molar-refractivity contribution < 1.29 is 4.84 Å². The molecule has 0 amide bonds. The van der Waals surface area contributed by atoms with Gasteiger partial charge in [-0.05, 0) is 47.8 Å². The molecule has 76 valence electrons. The van der Waals surface area contributed by atoms with Gasteiger partial charge in [0.05, 0.1) is 12.3 Å². The summed E-state index contributed by atoms with van der Waals surface area (Å²) in [5, 5.41) is 1.88. The van der Waals surface area contributed by atoms with Crippen LogP contribution in [0.15, 0.2) is 16.6 Å². The highest BCUT2D eigenvalue weighted by molar-refractivity contribution is 9.10. The van der Waals surface area contributed by atoms with E-state index in [1.807, 2.05) is 24.1 Å². The van der Waals surface area contributed by atoms with Crippen LogP contribution in [-0.2, 0) is 4.84 Å². The number of hydroxylamine groups is 1. The fourth-order valence-electron chi connectivity index (χ4n) is 1.45. The average molecular weight is 257 g/mol. The van der Waals surface area contributed by atoms with E-state index in [-0.39, 0.29) is 0 Å². The molecule has 1 aliphatic rings. The molecule has 0 aliphatic carbocycles. The topological polar surface area (TPSA) is 25.4 Å². The van der Waals surface area contributed by atoms with Crippen LogP contribution >= 0.6 is 15.9 Å². The predicted molar refractivity (Wildman–Crippen MR) is 59.2 cm³/mol. The van der Waals surface area contributed by atoms with Crippen molar-refractivity contribution in [1.29, 1.82) is 0 Å². The van der Waals surface area contributed by atoms with Gasteiger partial charge in [0.15, 0.2) is 5.82 Å². The lowest BCUT2D eigenvalue weighted by Crippen LogP contribution is -2.30. The van der Waals surface area contributed by atoms with Crippen LogP contribution in [0.5, 0.6) is 0 Å². The van der Waals surface area contributed by atoms with Crippen LogP contribution in [0.1, 0.15) is 18.5 Å².